The van der Waals surface area contributed by atoms with Crippen LogP contribution >= 0.6 is 11.6 Å². The molecule has 180 valence electrons. The molecule has 0 bridgehead atoms. The molecule has 1 aliphatic rings. The van der Waals surface area contributed by atoms with Gasteiger partial charge in [0.25, 0.3) is 0 Å². The van der Waals surface area contributed by atoms with Crippen molar-refractivity contribution in [1.29, 1.82) is 0 Å². The maximum atomic E-state index is 13.3. The van der Waals surface area contributed by atoms with Crippen molar-refractivity contribution in [3.05, 3.63) is 59.7 Å². The van der Waals surface area contributed by atoms with Gasteiger partial charge in [0.1, 0.15) is 6.61 Å². The van der Waals surface area contributed by atoms with E-state index in [1.165, 1.54) is 0 Å². The third-order valence-corrected chi connectivity index (χ3v) is 6.50. The molecule has 0 unspecified atom stereocenters. The summed E-state index contributed by atoms with van der Waals surface area (Å²) in [6, 6.07) is 15.9. The molecule has 0 N–H and O–H groups in total. The summed E-state index contributed by atoms with van der Waals surface area (Å²) in [6.07, 6.45) is 0. The van der Waals surface area contributed by atoms with Gasteiger partial charge in [0, 0.05) is 38.6 Å². The Labute approximate surface area is 202 Å². The van der Waals surface area contributed by atoms with Gasteiger partial charge in [-0.25, -0.2) is 0 Å². The lowest BCUT2D eigenvalue weighted by molar-refractivity contribution is -0.140. The number of nitrogens with zero attached hydrogens (tertiary/aromatic N) is 2. The van der Waals surface area contributed by atoms with E-state index in [9.17, 15) is 4.79 Å². The first kappa shape index (κ1) is 25.3. The number of carbonyl (C=O) groups is 1. The quantitative estimate of drug-likeness (QED) is 0.457. The van der Waals surface area contributed by atoms with Crippen LogP contribution in [0.2, 0.25) is 0 Å². The van der Waals surface area contributed by atoms with Crippen molar-refractivity contribution in [2.24, 2.45) is 5.41 Å². The highest BCUT2D eigenvalue weighted by Crippen LogP contribution is 2.30. The smallest absolute Gasteiger partial charge is 0.229 e. The minimum Gasteiger partial charge on any atom is -0.493 e. The lowest BCUT2D eigenvalue weighted by Gasteiger charge is -2.34. The van der Waals surface area contributed by atoms with Crippen LogP contribution in [-0.2, 0) is 22.7 Å². The molecule has 33 heavy (non-hydrogen) atoms. The summed E-state index contributed by atoms with van der Waals surface area (Å²) in [5.74, 6) is 1.65. The van der Waals surface area contributed by atoms with Gasteiger partial charge in [-0.3, -0.25) is 9.69 Å². The summed E-state index contributed by atoms with van der Waals surface area (Å²) in [6.45, 7) is 9.44. The van der Waals surface area contributed by atoms with Gasteiger partial charge >= 0.3 is 0 Å². The Balaban J connectivity index is 1.71. The van der Waals surface area contributed by atoms with Crippen LogP contribution in [0.1, 0.15) is 25.0 Å². The first-order valence-corrected chi connectivity index (χ1v) is 12.0. The van der Waals surface area contributed by atoms with Crippen LogP contribution in [0.3, 0.4) is 0 Å². The number of amides is 1. The molecule has 3 rings (SSSR count). The Morgan fingerprint density at radius 3 is 2.48 bits per heavy atom. The van der Waals surface area contributed by atoms with Gasteiger partial charge in [-0.1, -0.05) is 36.4 Å². The molecule has 7 heteroatoms. The molecule has 0 spiro atoms. The molecule has 1 fully saturated rings. The van der Waals surface area contributed by atoms with E-state index in [1.54, 1.807) is 7.11 Å². The van der Waals surface area contributed by atoms with Crippen LogP contribution in [-0.4, -0.2) is 68.1 Å². The SMILES string of the molecule is COc1cc(CN(CCN2CCOCC2)C(=O)C(C)(C)CCl)ccc1OCc1ccccc1. The second-order valence-electron chi connectivity index (χ2n) is 8.96. The molecule has 0 aliphatic carbocycles. The molecule has 0 saturated carbocycles. The van der Waals surface area contributed by atoms with Crippen LogP contribution in [0.25, 0.3) is 0 Å². The number of morpholine rings is 1. The molecule has 0 aromatic heterocycles. The molecule has 1 aliphatic heterocycles. The van der Waals surface area contributed by atoms with Crippen molar-refractivity contribution in [2.45, 2.75) is 27.0 Å². The van der Waals surface area contributed by atoms with E-state index in [0.717, 1.165) is 44.0 Å². The summed E-state index contributed by atoms with van der Waals surface area (Å²) < 4.78 is 17.0. The van der Waals surface area contributed by atoms with Gasteiger partial charge in [-0.2, -0.15) is 0 Å². The lowest BCUT2D eigenvalue weighted by Crippen LogP contribution is -2.46. The van der Waals surface area contributed by atoms with Crippen molar-refractivity contribution < 1.29 is 19.0 Å². The molecule has 2 aromatic carbocycles. The maximum absolute atomic E-state index is 13.3. The highest BCUT2D eigenvalue weighted by atomic mass is 35.5. The number of benzene rings is 2. The molecular formula is C26H35ClN2O4. The average molecular weight is 475 g/mol. The monoisotopic (exact) mass is 474 g/mol. The highest BCUT2D eigenvalue weighted by molar-refractivity contribution is 6.19. The van der Waals surface area contributed by atoms with Gasteiger partial charge in [0.2, 0.25) is 5.91 Å². The minimum absolute atomic E-state index is 0.0501. The number of halogens is 1. The van der Waals surface area contributed by atoms with Crippen molar-refractivity contribution in [3.8, 4) is 11.5 Å². The van der Waals surface area contributed by atoms with E-state index in [4.69, 9.17) is 25.8 Å². The Kier molecular flexibility index (Phi) is 9.41. The van der Waals surface area contributed by atoms with E-state index in [0.29, 0.717) is 31.2 Å². The number of rotatable bonds is 11. The largest absolute Gasteiger partial charge is 0.493 e. The number of hydrogen-bond acceptors (Lipinski definition) is 5. The fraction of sp³-hybridized carbons (Fsp3) is 0.500. The van der Waals surface area contributed by atoms with E-state index in [-0.39, 0.29) is 11.8 Å². The zero-order chi connectivity index (χ0) is 23.7. The first-order valence-electron chi connectivity index (χ1n) is 11.4. The summed E-state index contributed by atoms with van der Waals surface area (Å²) in [4.78, 5) is 17.5. The number of ether oxygens (including phenoxy) is 3. The van der Waals surface area contributed by atoms with Crippen molar-refractivity contribution in [1.82, 2.24) is 9.80 Å². The zero-order valence-corrected chi connectivity index (χ0v) is 20.6. The summed E-state index contributed by atoms with van der Waals surface area (Å²) in [7, 11) is 1.63. The van der Waals surface area contributed by atoms with Crippen molar-refractivity contribution >= 4 is 17.5 Å². The third kappa shape index (κ3) is 7.36. The fourth-order valence-corrected chi connectivity index (χ4v) is 3.82. The Morgan fingerprint density at radius 2 is 1.82 bits per heavy atom. The van der Waals surface area contributed by atoms with Gasteiger partial charge in [-0.15, -0.1) is 11.6 Å². The Morgan fingerprint density at radius 1 is 1.09 bits per heavy atom. The standard InChI is InChI=1S/C26H35ClN2O4/c1-26(2,20-27)25(30)29(12-11-28-13-15-32-16-14-28)18-22-9-10-23(24(17-22)31-3)33-19-21-7-5-4-6-8-21/h4-10,17H,11-16,18-20H2,1-3H3. The second-order valence-corrected chi connectivity index (χ2v) is 9.22. The minimum atomic E-state index is -0.630. The number of alkyl halides is 1. The van der Waals surface area contributed by atoms with Gasteiger partial charge < -0.3 is 19.1 Å². The summed E-state index contributed by atoms with van der Waals surface area (Å²) in [5, 5.41) is 0. The van der Waals surface area contributed by atoms with E-state index >= 15 is 0 Å². The third-order valence-electron chi connectivity index (χ3n) is 5.83. The molecule has 1 heterocycles. The van der Waals surface area contributed by atoms with Crippen LogP contribution in [0.15, 0.2) is 48.5 Å². The van der Waals surface area contributed by atoms with Crippen LogP contribution < -0.4 is 9.47 Å². The zero-order valence-electron chi connectivity index (χ0n) is 19.9. The van der Waals surface area contributed by atoms with E-state index < -0.39 is 5.41 Å². The van der Waals surface area contributed by atoms with Gasteiger partial charge in [0.05, 0.1) is 25.7 Å². The molecule has 0 atom stereocenters. The number of hydrogen-bond donors (Lipinski definition) is 0. The predicted octanol–water partition coefficient (Wildman–Crippen LogP) is 4.20. The normalized spacial score (nSPS) is 14.7. The Bertz CT molecular complexity index is 885. The van der Waals surface area contributed by atoms with E-state index in [2.05, 4.69) is 4.90 Å². The highest BCUT2D eigenvalue weighted by Gasteiger charge is 2.31. The second kappa shape index (κ2) is 12.3. The fourth-order valence-electron chi connectivity index (χ4n) is 3.71. The first-order chi connectivity index (χ1) is 15.9. The van der Waals surface area contributed by atoms with Crippen LogP contribution in [0, 0.1) is 5.41 Å². The maximum Gasteiger partial charge on any atom is 0.229 e. The van der Waals surface area contributed by atoms with Crippen LogP contribution in [0.5, 0.6) is 11.5 Å². The predicted molar refractivity (Wildman–Crippen MR) is 131 cm³/mol. The van der Waals surface area contributed by atoms with E-state index in [1.807, 2.05) is 67.3 Å². The number of methoxy groups -OCH3 is 1. The van der Waals surface area contributed by atoms with Gasteiger partial charge in [-0.05, 0) is 37.1 Å². The molecule has 1 amide bonds. The molecule has 2 aromatic rings. The number of carbonyl (C=O) groups excluding carboxylic acids is 1. The van der Waals surface area contributed by atoms with Crippen molar-refractivity contribution in [2.75, 3.05) is 52.4 Å². The summed E-state index contributed by atoms with van der Waals surface area (Å²) >= 11 is 6.13. The average Bonchev–Trinajstić information content (AvgIpc) is 2.86. The van der Waals surface area contributed by atoms with Gasteiger partial charge in [0.15, 0.2) is 11.5 Å². The van der Waals surface area contributed by atoms with Crippen LogP contribution in [0.4, 0.5) is 0 Å². The lowest BCUT2D eigenvalue weighted by atomic mass is 9.94. The molecule has 1 saturated heterocycles. The Hall–Kier alpha value is -2.28. The molecular weight excluding hydrogens is 440 g/mol. The topological polar surface area (TPSA) is 51.2 Å². The van der Waals surface area contributed by atoms with Crippen molar-refractivity contribution in [3.63, 3.8) is 0 Å². The molecule has 6 nitrogen and oxygen atoms in total. The molecule has 0 radical (unpaired) electrons. The summed E-state index contributed by atoms with van der Waals surface area (Å²) in [5.41, 5.74) is 1.45.